The quantitative estimate of drug-likeness (QED) is 0.849. The molecule has 0 radical (unpaired) electrons. The van der Waals surface area contributed by atoms with Crippen molar-refractivity contribution in [2.75, 3.05) is 24.5 Å². The maximum atomic E-state index is 13.0. The molecule has 0 saturated carbocycles. The zero-order valence-corrected chi connectivity index (χ0v) is 14.6. The molecule has 1 unspecified atom stereocenters. The molecule has 4 heteroatoms. The molecule has 2 fully saturated rings. The number of aromatic nitrogens is 1. The van der Waals surface area contributed by atoms with Gasteiger partial charge < -0.3 is 9.80 Å². The van der Waals surface area contributed by atoms with Crippen LogP contribution >= 0.6 is 0 Å². The number of carbonyl (C=O) groups is 1. The Kier molecular flexibility index (Phi) is 4.68. The molecule has 2 aromatic rings. The SMILES string of the molecule is O=C(c1ccccc1)N1CCCC1c1cccnc1N1CCCCC1. The normalized spacial score (nSPS) is 20.7. The van der Waals surface area contributed by atoms with Crippen molar-refractivity contribution >= 4 is 11.7 Å². The largest absolute Gasteiger partial charge is 0.356 e. The highest BCUT2D eigenvalue weighted by molar-refractivity contribution is 5.94. The summed E-state index contributed by atoms with van der Waals surface area (Å²) in [5.74, 6) is 1.22. The lowest BCUT2D eigenvalue weighted by molar-refractivity contribution is 0.0735. The maximum Gasteiger partial charge on any atom is 0.254 e. The van der Waals surface area contributed by atoms with E-state index in [1.54, 1.807) is 0 Å². The summed E-state index contributed by atoms with van der Waals surface area (Å²) in [5.41, 5.74) is 1.99. The Morgan fingerprint density at radius 1 is 0.920 bits per heavy atom. The highest BCUT2D eigenvalue weighted by Crippen LogP contribution is 2.37. The van der Waals surface area contributed by atoms with Gasteiger partial charge in [-0.25, -0.2) is 4.98 Å². The smallest absolute Gasteiger partial charge is 0.254 e. The average Bonchev–Trinajstić information content (AvgIpc) is 3.18. The summed E-state index contributed by atoms with van der Waals surface area (Å²) < 4.78 is 0. The lowest BCUT2D eigenvalue weighted by Gasteiger charge is -2.33. The van der Waals surface area contributed by atoms with Crippen molar-refractivity contribution in [1.82, 2.24) is 9.88 Å². The lowest BCUT2D eigenvalue weighted by Crippen LogP contribution is -2.34. The highest BCUT2D eigenvalue weighted by atomic mass is 16.2. The predicted molar refractivity (Wildman–Crippen MR) is 99.8 cm³/mol. The van der Waals surface area contributed by atoms with Crippen LogP contribution in [-0.2, 0) is 0 Å². The summed E-state index contributed by atoms with van der Waals surface area (Å²) in [7, 11) is 0. The van der Waals surface area contributed by atoms with Crippen molar-refractivity contribution < 1.29 is 4.79 Å². The van der Waals surface area contributed by atoms with Crippen LogP contribution in [0.2, 0.25) is 0 Å². The number of pyridine rings is 1. The van der Waals surface area contributed by atoms with Crippen molar-refractivity contribution in [2.24, 2.45) is 0 Å². The monoisotopic (exact) mass is 335 g/mol. The molecule has 4 nitrogen and oxygen atoms in total. The minimum absolute atomic E-state index is 0.136. The summed E-state index contributed by atoms with van der Waals surface area (Å²) in [6.45, 7) is 2.97. The molecule has 130 valence electrons. The van der Waals surface area contributed by atoms with Crippen LogP contribution in [0.25, 0.3) is 0 Å². The maximum absolute atomic E-state index is 13.0. The molecule has 2 aliphatic rings. The number of rotatable bonds is 3. The van der Waals surface area contributed by atoms with Gasteiger partial charge in [0.2, 0.25) is 0 Å². The van der Waals surface area contributed by atoms with Gasteiger partial charge in [0.25, 0.3) is 5.91 Å². The molecule has 25 heavy (non-hydrogen) atoms. The average molecular weight is 335 g/mol. The first-order valence-electron chi connectivity index (χ1n) is 9.40. The molecule has 2 aliphatic heterocycles. The Bertz CT molecular complexity index is 725. The first kappa shape index (κ1) is 16.1. The molecule has 1 aromatic carbocycles. The van der Waals surface area contributed by atoms with E-state index in [9.17, 15) is 4.79 Å². The van der Waals surface area contributed by atoms with Crippen LogP contribution in [0.15, 0.2) is 48.7 Å². The molecule has 4 rings (SSSR count). The Morgan fingerprint density at radius 3 is 2.52 bits per heavy atom. The summed E-state index contributed by atoms with van der Waals surface area (Å²) in [4.78, 5) is 22.2. The second-order valence-corrected chi connectivity index (χ2v) is 6.99. The molecule has 2 saturated heterocycles. The molecule has 3 heterocycles. The van der Waals surface area contributed by atoms with E-state index in [1.807, 2.05) is 47.5 Å². The van der Waals surface area contributed by atoms with Crippen LogP contribution in [0.5, 0.6) is 0 Å². The fourth-order valence-corrected chi connectivity index (χ4v) is 4.12. The van der Waals surface area contributed by atoms with Crippen molar-refractivity contribution in [1.29, 1.82) is 0 Å². The van der Waals surface area contributed by atoms with Gasteiger partial charge in [0.05, 0.1) is 6.04 Å². The Balaban J connectivity index is 1.63. The van der Waals surface area contributed by atoms with E-state index in [1.165, 1.54) is 24.8 Å². The van der Waals surface area contributed by atoms with Gasteiger partial charge >= 0.3 is 0 Å². The van der Waals surface area contributed by atoms with E-state index in [0.717, 1.165) is 43.9 Å². The fraction of sp³-hybridized carbons (Fsp3) is 0.429. The third-order valence-electron chi connectivity index (χ3n) is 5.37. The van der Waals surface area contributed by atoms with Crippen LogP contribution in [0.1, 0.15) is 54.1 Å². The summed E-state index contributed by atoms with van der Waals surface area (Å²) in [5, 5.41) is 0. The number of hydrogen-bond donors (Lipinski definition) is 0. The number of carbonyl (C=O) groups excluding carboxylic acids is 1. The van der Waals surface area contributed by atoms with Crippen LogP contribution in [0, 0.1) is 0 Å². The molecule has 0 spiro atoms. The van der Waals surface area contributed by atoms with Gasteiger partial charge in [0, 0.05) is 37.0 Å². The van der Waals surface area contributed by atoms with Crippen LogP contribution < -0.4 is 4.90 Å². The van der Waals surface area contributed by atoms with Crippen molar-refractivity contribution in [3.63, 3.8) is 0 Å². The van der Waals surface area contributed by atoms with Crippen molar-refractivity contribution in [2.45, 2.75) is 38.1 Å². The zero-order chi connectivity index (χ0) is 17.1. The highest BCUT2D eigenvalue weighted by Gasteiger charge is 2.33. The van der Waals surface area contributed by atoms with Gasteiger partial charge in [-0.3, -0.25) is 4.79 Å². The van der Waals surface area contributed by atoms with Crippen LogP contribution in [0.4, 0.5) is 5.82 Å². The predicted octanol–water partition coefficient (Wildman–Crippen LogP) is 4.05. The first-order chi connectivity index (χ1) is 12.3. The molecule has 0 N–H and O–H groups in total. The number of piperidine rings is 1. The molecular formula is C21H25N3O. The van der Waals surface area contributed by atoms with Gasteiger partial charge in [-0.1, -0.05) is 24.3 Å². The number of hydrogen-bond acceptors (Lipinski definition) is 3. The van der Waals surface area contributed by atoms with E-state index >= 15 is 0 Å². The third kappa shape index (κ3) is 3.26. The van der Waals surface area contributed by atoms with Gasteiger partial charge in [-0.15, -0.1) is 0 Å². The second kappa shape index (κ2) is 7.26. The number of anilines is 1. The van der Waals surface area contributed by atoms with Crippen LogP contribution in [-0.4, -0.2) is 35.4 Å². The Hall–Kier alpha value is -2.36. The van der Waals surface area contributed by atoms with Gasteiger partial charge in [0.15, 0.2) is 0 Å². The molecule has 0 bridgehead atoms. The first-order valence-corrected chi connectivity index (χ1v) is 9.40. The number of benzene rings is 1. The van der Waals surface area contributed by atoms with E-state index in [-0.39, 0.29) is 11.9 Å². The fourth-order valence-electron chi connectivity index (χ4n) is 4.12. The Morgan fingerprint density at radius 2 is 1.72 bits per heavy atom. The molecule has 1 aromatic heterocycles. The molecule has 0 aliphatic carbocycles. The van der Waals surface area contributed by atoms with Crippen LogP contribution in [0.3, 0.4) is 0 Å². The second-order valence-electron chi connectivity index (χ2n) is 6.99. The zero-order valence-electron chi connectivity index (χ0n) is 14.6. The van der Waals surface area contributed by atoms with Gasteiger partial charge in [-0.05, 0) is 50.3 Å². The van der Waals surface area contributed by atoms with Crippen molar-refractivity contribution in [3.8, 4) is 0 Å². The molecular weight excluding hydrogens is 310 g/mol. The van der Waals surface area contributed by atoms with E-state index in [2.05, 4.69) is 11.0 Å². The Labute approximate surface area is 149 Å². The number of amides is 1. The number of likely N-dealkylation sites (tertiary alicyclic amines) is 1. The number of nitrogens with zero attached hydrogens (tertiary/aromatic N) is 3. The third-order valence-corrected chi connectivity index (χ3v) is 5.37. The summed E-state index contributed by atoms with van der Waals surface area (Å²) >= 11 is 0. The topological polar surface area (TPSA) is 36.4 Å². The molecule has 1 atom stereocenters. The van der Waals surface area contributed by atoms with E-state index < -0.39 is 0 Å². The van der Waals surface area contributed by atoms with E-state index in [4.69, 9.17) is 4.98 Å². The minimum Gasteiger partial charge on any atom is -0.356 e. The van der Waals surface area contributed by atoms with Gasteiger partial charge in [-0.2, -0.15) is 0 Å². The van der Waals surface area contributed by atoms with Gasteiger partial charge in [0.1, 0.15) is 5.82 Å². The summed E-state index contributed by atoms with van der Waals surface area (Å²) in [6.07, 6.45) is 7.72. The minimum atomic E-state index is 0.136. The molecule has 1 amide bonds. The van der Waals surface area contributed by atoms with Crippen molar-refractivity contribution in [3.05, 3.63) is 59.8 Å². The summed E-state index contributed by atoms with van der Waals surface area (Å²) in [6, 6.07) is 13.9. The lowest BCUT2D eigenvalue weighted by atomic mass is 10.0. The van der Waals surface area contributed by atoms with E-state index in [0.29, 0.717) is 0 Å². The standard InChI is InChI=1S/C21H25N3O/c25-21(17-9-3-1-4-10-17)24-16-8-12-19(24)18-11-7-13-22-20(18)23-14-5-2-6-15-23/h1,3-4,7,9-11,13,19H,2,5-6,8,12,14-16H2.